The van der Waals surface area contributed by atoms with Crippen molar-refractivity contribution in [3.63, 3.8) is 0 Å². The smallest absolute Gasteiger partial charge is 0.344 e. The van der Waals surface area contributed by atoms with E-state index >= 15 is 0 Å². The van der Waals surface area contributed by atoms with Gasteiger partial charge in [-0.3, -0.25) is 9.59 Å². The lowest BCUT2D eigenvalue weighted by atomic mass is 9.71. The number of aryl methyl sites for hydroxylation is 2. The van der Waals surface area contributed by atoms with Gasteiger partial charge in [-0.2, -0.15) is 0 Å². The van der Waals surface area contributed by atoms with Gasteiger partial charge in [0, 0.05) is 12.5 Å². The van der Waals surface area contributed by atoms with Crippen LogP contribution in [-0.4, -0.2) is 40.4 Å². The zero-order chi connectivity index (χ0) is 25.3. The number of hydrogen-bond acceptors (Lipinski definition) is 5. The highest BCUT2D eigenvalue weighted by Gasteiger charge is 2.58. The number of carbonyl (C=O) groups excluding carboxylic acids is 3. The van der Waals surface area contributed by atoms with Gasteiger partial charge >= 0.3 is 11.9 Å². The molecule has 188 valence electrons. The maximum Gasteiger partial charge on any atom is 0.344 e. The highest BCUT2D eigenvalue weighted by molar-refractivity contribution is 6.14. The quantitative estimate of drug-likeness (QED) is 0.245. The van der Waals surface area contributed by atoms with Crippen LogP contribution in [0.5, 0.6) is 0 Å². The molecule has 1 amide bonds. The van der Waals surface area contributed by atoms with E-state index in [1.54, 1.807) is 19.9 Å². The highest BCUT2D eigenvalue weighted by Crippen LogP contribution is 2.35. The summed E-state index contributed by atoms with van der Waals surface area (Å²) in [5.74, 6) is -5.10. The topological polar surface area (TPSA) is 110 Å². The number of ketones is 1. The number of carboxylic acid groups (broad SMARTS) is 1. The molecule has 7 heteroatoms. The summed E-state index contributed by atoms with van der Waals surface area (Å²) >= 11 is 0. The van der Waals surface area contributed by atoms with E-state index in [2.05, 4.69) is 12.2 Å². The Hall–Kier alpha value is -2.70. The summed E-state index contributed by atoms with van der Waals surface area (Å²) in [4.78, 5) is 50.9. The summed E-state index contributed by atoms with van der Waals surface area (Å²) in [6.07, 6.45) is 8.68. The van der Waals surface area contributed by atoms with Crippen LogP contribution in [-0.2, 0) is 32.0 Å². The lowest BCUT2D eigenvalue weighted by molar-refractivity contribution is -0.171. The summed E-state index contributed by atoms with van der Waals surface area (Å²) in [5, 5.41) is 12.4. The summed E-state index contributed by atoms with van der Waals surface area (Å²) in [6.45, 7) is 6.76. The van der Waals surface area contributed by atoms with Gasteiger partial charge in [0.25, 0.3) is 0 Å². The maximum atomic E-state index is 13.5. The minimum absolute atomic E-state index is 0.133. The van der Waals surface area contributed by atoms with Crippen LogP contribution in [0, 0.1) is 5.92 Å². The summed E-state index contributed by atoms with van der Waals surface area (Å²) in [7, 11) is 0. The van der Waals surface area contributed by atoms with E-state index in [0.717, 1.165) is 30.9 Å². The molecule has 0 bridgehead atoms. The third-order valence-electron chi connectivity index (χ3n) is 6.71. The summed E-state index contributed by atoms with van der Waals surface area (Å²) in [6, 6.07) is 5.66. The number of esters is 1. The Morgan fingerprint density at radius 3 is 2.44 bits per heavy atom. The second kappa shape index (κ2) is 12.7. The minimum atomic E-state index is -2.46. The second-order valence-electron chi connectivity index (χ2n) is 9.38. The maximum absolute atomic E-state index is 13.5. The molecule has 2 N–H and O–H groups in total. The summed E-state index contributed by atoms with van der Waals surface area (Å²) in [5.41, 5.74) is -0.0262. The van der Waals surface area contributed by atoms with Gasteiger partial charge in [-0.05, 0) is 50.2 Å². The van der Waals surface area contributed by atoms with Crippen molar-refractivity contribution in [1.29, 1.82) is 0 Å². The number of unbranched alkanes of at least 4 members (excludes halogenated alkanes) is 5. The van der Waals surface area contributed by atoms with Crippen molar-refractivity contribution < 1.29 is 29.0 Å². The van der Waals surface area contributed by atoms with Crippen LogP contribution in [0.15, 0.2) is 18.2 Å². The van der Waals surface area contributed by atoms with E-state index in [1.807, 2.05) is 12.1 Å². The molecule has 34 heavy (non-hydrogen) atoms. The SMILES string of the molecule is CCCCCCCCc1ccc2c(c1)CCC(C(NC(C)=O)(C(=O)O)C(=O)OC(C)CC)C2=O. The molecule has 0 heterocycles. The number of amides is 1. The van der Waals surface area contributed by atoms with Gasteiger partial charge in [0.15, 0.2) is 5.78 Å². The molecule has 1 aromatic carbocycles. The van der Waals surface area contributed by atoms with Gasteiger partial charge in [-0.25, -0.2) is 9.59 Å². The fourth-order valence-corrected chi connectivity index (χ4v) is 4.60. The van der Waals surface area contributed by atoms with Crippen LogP contribution in [0.2, 0.25) is 0 Å². The number of carbonyl (C=O) groups is 4. The lowest BCUT2D eigenvalue weighted by Gasteiger charge is -2.37. The first-order valence-corrected chi connectivity index (χ1v) is 12.6. The molecule has 0 aromatic heterocycles. The van der Waals surface area contributed by atoms with Crippen molar-refractivity contribution in [1.82, 2.24) is 5.32 Å². The zero-order valence-corrected chi connectivity index (χ0v) is 20.9. The van der Waals surface area contributed by atoms with Crippen molar-refractivity contribution in [2.45, 2.75) is 104 Å². The Morgan fingerprint density at radius 1 is 1.15 bits per heavy atom. The lowest BCUT2D eigenvalue weighted by Crippen LogP contribution is -2.67. The first-order chi connectivity index (χ1) is 16.2. The number of benzene rings is 1. The fourth-order valence-electron chi connectivity index (χ4n) is 4.60. The number of nitrogens with one attached hydrogen (secondary N) is 1. The average molecular weight is 474 g/mol. The van der Waals surface area contributed by atoms with E-state index in [-0.39, 0.29) is 6.42 Å². The molecular weight excluding hydrogens is 434 g/mol. The van der Waals surface area contributed by atoms with Crippen LogP contribution in [0.25, 0.3) is 0 Å². The molecule has 0 aliphatic heterocycles. The van der Waals surface area contributed by atoms with Crippen LogP contribution in [0.3, 0.4) is 0 Å². The van der Waals surface area contributed by atoms with Crippen molar-refractivity contribution in [2.24, 2.45) is 5.92 Å². The molecule has 2 rings (SSSR count). The largest absolute Gasteiger partial charge is 0.479 e. The molecule has 1 aliphatic rings. The number of hydrogen-bond donors (Lipinski definition) is 2. The van der Waals surface area contributed by atoms with Crippen LogP contribution >= 0.6 is 0 Å². The monoisotopic (exact) mass is 473 g/mol. The molecule has 0 saturated heterocycles. The van der Waals surface area contributed by atoms with Gasteiger partial charge in [0.1, 0.15) is 0 Å². The van der Waals surface area contributed by atoms with Crippen molar-refractivity contribution >= 4 is 23.6 Å². The number of rotatable bonds is 13. The number of aliphatic carboxylic acids is 1. The van der Waals surface area contributed by atoms with Crippen molar-refractivity contribution in [3.8, 4) is 0 Å². The van der Waals surface area contributed by atoms with E-state index < -0.39 is 41.2 Å². The first kappa shape index (κ1) is 27.5. The van der Waals surface area contributed by atoms with Gasteiger partial charge < -0.3 is 15.2 Å². The van der Waals surface area contributed by atoms with E-state index in [9.17, 15) is 24.3 Å². The molecule has 0 radical (unpaired) electrons. The molecule has 1 aromatic rings. The molecule has 0 spiro atoms. The fraction of sp³-hybridized carbons (Fsp3) is 0.630. The van der Waals surface area contributed by atoms with Gasteiger partial charge in [0.05, 0.1) is 12.0 Å². The molecule has 3 unspecified atom stereocenters. The first-order valence-electron chi connectivity index (χ1n) is 12.6. The third-order valence-corrected chi connectivity index (χ3v) is 6.71. The van der Waals surface area contributed by atoms with Gasteiger partial charge in [0.2, 0.25) is 11.4 Å². The second-order valence-corrected chi connectivity index (χ2v) is 9.38. The number of Topliss-reactive ketones (excluding diaryl/α,β-unsaturated/α-hetero) is 1. The minimum Gasteiger partial charge on any atom is -0.479 e. The Balaban J connectivity index is 2.26. The predicted molar refractivity (Wildman–Crippen MR) is 130 cm³/mol. The van der Waals surface area contributed by atoms with Crippen LogP contribution in [0.1, 0.15) is 101 Å². The Morgan fingerprint density at radius 2 is 1.82 bits per heavy atom. The predicted octanol–water partition coefficient (Wildman–Crippen LogP) is 4.64. The normalized spacial score (nSPS) is 17.9. The van der Waals surface area contributed by atoms with Crippen LogP contribution in [0.4, 0.5) is 0 Å². The molecular formula is C27H39NO6. The Kier molecular flexibility index (Phi) is 10.3. The van der Waals surface area contributed by atoms with E-state index in [4.69, 9.17) is 4.74 Å². The van der Waals surface area contributed by atoms with Gasteiger partial charge in [-0.1, -0.05) is 64.2 Å². The molecule has 7 nitrogen and oxygen atoms in total. The summed E-state index contributed by atoms with van der Waals surface area (Å²) < 4.78 is 5.33. The molecule has 0 saturated carbocycles. The van der Waals surface area contributed by atoms with Crippen molar-refractivity contribution in [2.75, 3.05) is 0 Å². The van der Waals surface area contributed by atoms with E-state index in [0.29, 0.717) is 18.4 Å². The van der Waals surface area contributed by atoms with Crippen LogP contribution < -0.4 is 5.32 Å². The number of ether oxygens (including phenoxy) is 1. The van der Waals surface area contributed by atoms with E-state index in [1.165, 1.54) is 32.1 Å². The number of fused-ring (bicyclic) bond motifs is 1. The molecule has 0 fully saturated rings. The molecule has 1 aliphatic carbocycles. The highest BCUT2D eigenvalue weighted by atomic mass is 16.5. The molecule has 3 atom stereocenters. The Bertz CT molecular complexity index is 895. The average Bonchev–Trinajstić information content (AvgIpc) is 2.79. The van der Waals surface area contributed by atoms with Crippen molar-refractivity contribution in [3.05, 3.63) is 34.9 Å². The standard InChI is InChI=1S/C27H39NO6/c1-5-7-8-9-10-11-12-20-13-15-22-21(17-20)14-16-23(24(22)30)27(25(31)32,28-19(4)29)26(33)34-18(3)6-2/h13,15,17-18,23H,5-12,14,16H2,1-4H3,(H,28,29)(H,31,32). The third kappa shape index (κ3) is 6.45. The number of carboxylic acids is 1. The Labute approximate surface area is 202 Å². The van der Waals surface area contributed by atoms with Gasteiger partial charge in [-0.15, -0.1) is 0 Å². The zero-order valence-electron chi connectivity index (χ0n) is 20.9.